The molecule has 1 N–H and O–H groups in total. The van der Waals surface area contributed by atoms with Gasteiger partial charge in [0.1, 0.15) is 0 Å². The normalized spacial score (nSPS) is 11.1. The molecule has 0 aliphatic rings. The van der Waals surface area contributed by atoms with E-state index in [4.69, 9.17) is 0 Å². The van der Waals surface area contributed by atoms with E-state index in [0.29, 0.717) is 29.0 Å². The molecule has 0 fully saturated rings. The van der Waals surface area contributed by atoms with Crippen LogP contribution in [0.15, 0.2) is 53.3 Å². The summed E-state index contributed by atoms with van der Waals surface area (Å²) in [6, 6.07) is 15.3. The van der Waals surface area contributed by atoms with E-state index >= 15 is 0 Å². The number of carbonyl (C=O) groups is 1. The molecule has 0 aliphatic carbocycles. The van der Waals surface area contributed by atoms with Gasteiger partial charge in [-0.3, -0.25) is 9.59 Å². The van der Waals surface area contributed by atoms with Crippen LogP contribution in [-0.4, -0.2) is 28.3 Å². The van der Waals surface area contributed by atoms with Gasteiger partial charge in [0, 0.05) is 35.9 Å². The number of aryl methyl sites for hydroxylation is 1. The van der Waals surface area contributed by atoms with E-state index in [0.717, 1.165) is 25.1 Å². The highest BCUT2D eigenvalue weighted by molar-refractivity contribution is 6.11. The van der Waals surface area contributed by atoms with Gasteiger partial charge in [0.2, 0.25) is 0 Å². The van der Waals surface area contributed by atoms with Crippen LogP contribution in [0.25, 0.3) is 10.8 Å². The average Bonchev–Trinajstić information content (AvgIpc) is 2.75. The molecule has 158 valence electrons. The molecule has 0 unspecified atom stereocenters. The number of rotatable bonds is 8. The Hall–Kier alpha value is -3.15. The first-order chi connectivity index (χ1) is 14.5. The molecule has 6 heteroatoms. The van der Waals surface area contributed by atoms with Crippen molar-refractivity contribution in [1.82, 2.24) is 9.78 Å². The standard InChI is InChI=1S/C24H30N4O2/c1-5-7-16-28-24(30)21-11-9-8-10-20(21)22(26-28)23(29)25-18-12-14-19(15-13-18)27(6-2)17(3)4/h8-15,17H,5-7,16H2,1-4H3,(H,25,29). The van der Waals surface area contributed by atoms with E-state index in [-0.39, 0.29) is 17.2 Å². The number of carbonyl (C=O) groups excluding carboxylic acids is 1. The minimum Gasteiger partial charge on any atom is -0.369 e. The number of amides is 1. The van der Waals surface area contributed by atoms with Gasteiger partial charge in [0.25, 0.3) is 11.5 Å². The Morgan fingerprint density at radius 2 is 1.73 bits per heavy atom. The fraction of sp³-hybridized carbons (Fsp3) is 0.375. The van der Waals surface area contributed by atoms with Crippen LogP contribution >= 0.6 is 0 Å². The van der Waals surface area contributed by atoms with Gasteiger partial charge < -0.3 is 10.2 Å². The first kappa shape index (κ1) is 21.6. The first-order valence-electron chi connectivity index (χ1n) is 10.6. The minimum atomic E-state index is -0.319. The third-order valence-corrected chi connectivity index (χ3v) is 5.23. The zero-order valence-electron chi connectivity index (χ0n) is 18.2. The molecule has 1 heterocycles. The molecule has 0 saturated carbocycles. The largest absolute Gasteiger partial charge is 0.369 e. The number of benzene rings is 2. The Labute approximate surface area is 177 Å². The van der Waals surface area contributed by atoms with Gasteiger partial charge in [-0.25, -0.2) is 4.68 Å². The molecule has 6 nitrogen and oxygen atoms in total. The van der Waals surface area contributed by atoms with Crippen LogP contribution in [0.2, 0.25) is 0 Å². The number of nitrogens with one attached hydrogen (secondary N) is 1. The summed E-state index contributed by atoms with van der Waals surface area (Å²) in [5.41, 5.74) is 1.92. The van der Waals surface area contributed by atoms with Crippen molar-refractivity contribution in [1.29, 1.82) is 0 Å². The highest BCUT2D eigenvalue weighted by Gasteiger charge is 2.17. The van der Waals surface area contributed by atoms with Crippen molar-refractivity contribution in [3.8, 4) is 0 Å². The monoisotopic (exact) mass is 406 g/mol. The van der Waals surface area contributed by atoms with Crippen molar-refractivity contribution < 1.29 is 4.79 Å². The molecule has 2 aromatic carbocycles. The van der Waals surface area contributed by atoms with Crippen LogP contribution in [0.5, 0.6) is 0 Å². The van der Waals surface area contributed by atoms with Crippen molar-refractivity contribution in [3.63, 3.8) is 0 Å². The number of nitrogens with zero attached hydrogens (tertiary/aromatic N) is 3. The quantitative estimate of drug-likeness (QED) is 0.590. The van der Waals surface area contributed by atoms with E-state index in [1.54, 1.807) is 12.1 Å². The number of hydrogen-bond donors (Lipinski definition) is 1. The highest BCUT2D eigenvalue weighted by Crippen LogP contribution is 2.21. The summed E-state index contributed by atoms with van der Waals surface area (Å²) >= 11 is 0. The number of anilines is 2. The van der Waals surface area contributed by atoms with Gasteiger partial charge in [-0.05, 0) is 57.5 Å². The second-order valence-corrected chi connectivity index (χ2v) is 7.66. The lowest BCUT2D eigenvalue weighted by Gasteiger charge is -2.27. The summed E-state index contributed by atoms with van der Waals surface area (Å²) < 4.78 is 1.41. The molecular weight excluding hydrogens is 376 g/mol. The fourth-order valence-corrected chi connectivity index (χ4v) is 3.63. The van der Waals surface area contributed by atoms with Crippen LogP contribution < -0.4 is 15.8 Å². The van der Waals surface area contributed by atoms with E-state index in [1.807, 2.05) is 36.4 Å². The minimum absolute atomic E-state index is 0.159. The number of unbranched alkanes of at least 4 members (excludes halogenated alkanes) is 1. The zero-order chi connectivity index (χ0) is 21.7. The van der Waals surface area contributed by atoms with Crippen LogP contribution in [0.3, 0.4) is 0 Å². The maximum Gasteiger partial charge on any atom is 0.276 e. The second-order valence-electron chi connectivity index (χ2n) is 7.66. The van der Waals surface area contributed by atoms with E-state index in [9.17, 15) is 9.59 Å². The van der Waals surface area contributed by atoms with Crippen molar-refractivity contribution in [2.24, 2.45) is 0 Å². The van der Waals surface area contributed by atoms with Crippen LogP contribution in [0.1, 0.15) is 51.0 Å². The summed E-state index contributed by atoms with van der Waals surface area (Å²) in [5, 5.41) is 8.42. The smallest absolute Gasteiger partial charge is 0.276 e. The van der Waals surface area contributed by atoms with Crippen LogP contribution in [-0.2, 0) is 6.54 Å². The Bertz CT molecular complexity index is 1070. The number of aromatic nitrogens is 2. The summed E-state index contributed by atoms with van der Waals surface area (Å²) in [4.78, 5) is 28.0. The molecule has 30 heavy (non-hydrogen) atoms. The molecule has 3 rings (SSSR count). The third-order valence-electron chi connectivity index (χ3n) is 5.23. The van der Waals surface area contributed by atoms with Crippen molar-refractivity contribution in [2.45, 2.75) is 53.1 Å². The lowest BCUT2D eigenvalue weighted by atomic mass is 10.1. The van der Waals surface area contributed by atoms with Crippen LogP contribution in [0, 0.1) is 0 Å². The second kappa shape index (κ2) is 9.57. The van der Waals surface area contributed by atoms with Gasteiger partial charge in [-0.15, -0.1) is 0 Å². The average molecular weight is 407 g/mol. The topological polar surface area (TPSA) is 67.2 Å². The summed E-state index contributed by atoms with van der Waals surface area (Å²) in [7, 11) is 0. The summed E-state index contributed by atoms with van der Waals surface area (Å²) in [5.74, 6) is -0.319. The molecule has 1 aromatic heterocycles. The van der Waals surface area contributed by atoms with Crippen LogP contribution in [0.4, 0.5) is 11.4 Å². The molecule has 1 amide bonds. The molecule has 0 bridgehead atoms. The molecule has 3 aromatic rings. The summed E-state index contributed by atoms with van der Waals surface area (Å²) in [6.45, 7) is 9.91. The van der Waals surface area contributed by atoms with Gasteiger partial charge in [-0.2, -0.15) is 5.10 Å². The fourth-order valence-electron chi connectivity index (χ4n) is 3.63. The SMILES string of the molecule is CCCCn1nc(C(=O)Nc2ccc(N(CC)C(C)C)cc2)c2ccccc2c1=O. The van der Waals surface area contributed by atoms with Crippen molar-refractivity contribution >= 4 is 28.1 Å². The predicted octanol–water partition coefficient (Wildman–Crippen LogP) is 4.68. The first-order valence-corrected chi connectivity index (χ1v) is 10.6. The zero-order valence-corrected chi connectivity index (χ0v) is 18.2. The molecule has 0 atom stereocenters. The van der Waals surface area contributed by atoms with E-state index in [1.165, 1.54) is 4.68 Å². The maximum atomic E-state index is 13.0. The molecular formula is C24H30N4O2. The van der Waals surface area contributed by atoms with Gasteiger partial charge in [0.05, 0.1) is 5.39 Å². The maximum absolute atomic E-state index is 13.0. The lowest BCUT2D eigenvalue weighted by Crippen LogP contribution is -2.30. The van der Waals surface area contributed by atoms with Crippen molar-refractivity contribution in [2.75, 3.05) is 16.8 Å². The Morgan fingerprint density at radius 1 is 1.07 bits per heavy atom. The Balaban J connectivity index is 1.91. The Kier molecular flexibility index (Phi) is 6.87. The number of hydrogen-bond acceptors (Lipinski definition) is 4. The molecule has 0 spiro atoms. The van der Waals surface area contributed by atoms with Gasteiger partial charge in [0.15, 0.2) is 5.69 Å². The molecule has 0 radical (unpaired) electrons. The third kappa shape index (κ3) is 4.53. The van der Waals surface area contributed by atoms with E-state index < -0.39 is 0 Å². The van der Waals surface area contributed by atoms with E-state index in [2.05, 4.69) is 43.0 Å². The summed E-state index contributed by atoms with van der Waals surface area (Å²) in [6.07, 6.45) is 1.78. The highest BCUT2D eigenvalue weighted by atomic mass is 16.2. The predicted molar refractivity (Wildman–Crippen MR) is 123 cm³/mol. The van der Waals surface area contributed by atoms with Gasteiger partial charge in [-0.1, -0.05) is 31.5 Å². The lowest BCUT2D eigenvalue weighted by molar-refractivity contribution is 0.102. The van der Waals surface area contributed by atoms with Crippen molar-refractivity contribution in [3.05, 3.63) is 64.6 Å². The Morgan fingerprint density at radius 3 is 2.33 bits per heavy atom. The molecule has 0 saturated heterocycles. The van der Waals surface area contributed by atoms with Gasteiger partial charge >= 0.3 is 0 Å². The molecule has 0 aliphatic heterocycles. The number of fused-ring (bicyclic) bond motifs is 1.